The van der Waals surface area contributed by atoms with Crippen molar-refractivity contribution in [3.05, 3.63) is 63.3 Å². The van der Waals surface area contributed by atoms with Gasteiger partial charge in [-0.3, -0.25) is 4.79 Å². The van der Waals surface area contributed by atoms with E-state index in [9.17, 15) is 9.90 Å². The van der Waals surface area contributed by atoms with Gasteiger partial charge in [-0.15, -0.1) is 0 Å². The zero-order valence-electron chi connectivity index (χ0n) is 18.6. The van der Waals surface area contributed by atoms with Crippen LogP contribution in [0.5, 0.6) is 11.5 Å². The van der Waals surface area contributed by atoms with E-state index in [0.29, 0.717) is 27.1 Å². The molecule has 2 bridgehead atoms. The number of aliphatic hydroxyl groups excluding tert-OH is 1. The molecule has 2 aromatic rings. The number of ether oxygens (including phenoxy) is 1. The molecule has 0 aliphatic heterocycles. The average Bonchev–Trinajstić information content (AvgIpc) is 2.83. The summed E-state index contributed by atoms with van der Waals surface area (Å²) in [6, 6.07) is 10.7. The predicted molar refractivity (Wildman–Crippen MR) is 126 cm³/mol. The van der Waals surface area contributed by atoms with Crippen LogP contribution in [0.1, 0.15) is 52.2 Å². The first kappa shape index (κ1) is 22.2. The molecule has 2 aliphatic carbocycles. The summed E-state index contributed by atoms with van der Waals surface area (Å²) < 4.78 is 6.02. The van der Waals surface area contributed by atoms with Gasteiger partial charge in [-0.25, -0.2) is 0 Å². The maximum Gasteiger partial charge on any atom is 0.170 e. The highest BCUT2D eigenvalue weighted by atomic mass is 35.5. The van der Waals surface area contributed by atoms with Crippen molar-refractivity contribution < 1.29 is 14.6 Å². The van der Waals surface area contributed by atoms with Crippen LogP contribution in [0.25, 0.3) is 5.57 Å². The van der Waals surface area contributed by atoms with Crippen molar-refractivity contribution in [3.63, 3.8) is 0 Å². The topological polar surface area (TPSA) is 46.5 Å². The van der Waals surface area contributed by atoms with Gasteiger partial charge in [0.25, 0.3) is 0 Å². The predicted octanol–water partition coefficient (Wildman–Crippen LogP) is 7.89. The number of aliphatic hydroxyl groups is 1. The van der Waals surface area contributed by atoms with Crippen molar-refractivity contribution in [2.45, 2.75) is 47.5 Å². The fourth-order valence-corrected chi connectivity index (χ4v) is 6.17. The molecule has 2 aromatic carbocycles. The van der Waals surface area contributed by atoms with Crippen molar-refractivity contribution in [3.8, 4) is 11.5 Å². The Balaban J connectivity index is 1.84. The van der Waals surface area contributed by atoms with Gasteiger partial charge in [-0.2, -0.15) is 0 Å². The molecule has 31 heavy (non-hydrogen) atoms. The van der Waals surface area contributed by atoms with Gasteiger partial charge in [0.1, 0.15) is 17.3 Å². The molecule has 0 saturated heterocycles. The summed E-state index contributed by atoms with van der Waals surface area (Å²) in [7, 11) is 0. The number of carbonyl (C=O) groups excluding carboxylic acids is 1. The van der Waals surface area contributed by atoms with Crippen LogP contribution >= 0.6 is 23.2 Å². The summed E-state index contributed by atoms with van der Waals surface area (Å²) in [4.78, 5) is 13.7. The summed E-state index contributed by atoms with van der Waals surface area (Å²) in [5.74, 6) is 1.37. The standard InChI is InChI=1S/C26H28Cl2O3/c1-6-15-7-9-17(31-20-10-8-16(27)11-19(20)28)12-18(15)21-23(29)22-14(2)13-26(5,24(21)30)25(22,3)4/h7-12,14,22,30H,6,13H2,1-5H3/t14-,22-,26+/m0/s1. The molecule has 3 atom stereocenters. The summed E-state index contributed by atoms with van der Waals surface area (Å²) in [6.07, 6.45) is 1.53. The van der Waals surface area contributed by atoms with Gasteiger partial charge in [0.15, 0.2) is 5.78 Å². The number of Topliss-reactive ketones (excluding diaryl/α,β-unsaturated/α-hetero) is 1. The van der Waals surface area contributed by atoms with Crippen LogP contribution in [0.15, 0.2) is 42.2 Å². The minimum atomic E-state index is -0.443. The van der Waals surface area contributed by atoms with Gasteiger partial charge < -0.3 is 9.84 Å². The number of carbonyl (C=O) groups is 1. The first-order chi connectivity index (χ1) is 14.5. The Morgan fingerprint density at radius 1 is 1.13 bits per heavy atom. The first-order valence-corrected chi connectivity index (χ1v) is 11.5. The van der Waals surface area contributed by atoms with Crippen LogP contribution in [-0.2, 0) is 11.2 Å². The summed E-state index contributed by atoms with van der Waals surface area (Å²) in [6.45, 7) is 10.5. The Hall–Kier alpha value is -1.97. The molecule has 0 unspecified atom stereocenters. The number of allylic oxidation sites excluding steroid dienone is 2. The number of benzene rings is 2. The van der Waals surface area contributed by atoms with Crippen molar-refractivity contribution in [1.29, 1.82) is 0 Å². The molecule has 0 spiro atoms. The summed E-state index contributed by atoms with van der Waals surface area (Å²) >= 11 is 12.3. The molecule has 1 N–H and O–H groups in total. The highest BCUT2D eigenvalue weighted by molar-refractivity contribution is 6.35. The number of ketones is 1. The van der Waals surface area contributed by atoms with Crippen LogP contribution in [0.4, 0.5) is 0 Å². The zero-order chi connectivity index (χ0) is 22.7. The van der Waals surface area contributed by atoms with E-state index in [-0.39, 0.29) is 28.8 Å². The van der Waals surface area contributed by atoms with Crippen molar-refractivity contribution >= 4 is 34.6 Å². The third-order valence-electron chi connectivity index (χ3n) is 7.64. The fraction of sp³-hybridized carbons (Fsp3) is 0.423. The molecular weight excluding hydrogens is 431 g/mol. The number of hydrogen-bond acceptors (Lipinski definition) is 3. The van der Waals surface area contributed by atoms with Gasteiger partial charge in [0.2, 0.25) is 0 Å². The second-order valence-corrected chi connectivity index (χ2v) is 10.5. The molecule has 2 aliphatic rings. The second kappa shape index (κ2) is 7.56. The number of aryl methyl sites for hydroxylation is 1. The highest BCUT2D eigenvalue weighted by Crippen LogP contribution is 2.66. The van der Waals surface area contributed by atoms with Gasteiger partial charge >= 0.3 is 0 Å². The van der Waals surface area contributed by atoms with E-state index in [0.717, 1.165) is 24.0 Å². The lowest BCUT2D eigenvalue weighted by Gasteiger charge is -2.45. The minimum absolute atomic E-state index is 0.0290. The molecule has 3 nitrogen and oxygen atoms in total. The largest absolute Gasteiger partial charge is 0.511 e. The van der Waals surface area contributed by atoms with E-state index in [1.165, 1.54) is 0 Å². The number of hydrogen-bond donors (Lipinski definition) is 1. The SMILES string of the molecule is CCc1ccc(Oc2ccc(Cl)cc2Cl)cc1C1=C(O)[C@@]2(C)C[C@H](C)[C@@H](C1=O)C2(C)C. The normalized spacial score (nSPS) is 27.0. The Kier molecular flexibility index (Phi) is 5.43. The van der Waals surface area contributed by atoms with Crippen molar-refractivity contribution in [1.82, 2.24) is 0 Å². The lowest BCUT2D eigenvalue weighted by molar-refractivity contribution is -0.123. The maximum absolute atomic E-state index is 13.7. The van der Waals surface area contributed by atoms with Crippen LogP contribution in [0.2, 0.25) is 10.0 Å². The lowest BCUT2D eigenvalue weighted by Crippen LogP contribution is -2.44. The van der Waals surface area contributed by atoms with E-state index in [1.807, 2.05) is 25.1 Å². The zero-order valence-corrected chi connectivity index (χ0v) is 20.1. The van der Waals surface area contributed by atoms with Crippen LogP contribution in [0.3, 0.4) is 0 Å². The Morgan fingerprint density at radius 3 is 2.48 bits per heavy atom. The molecule has 1 fully saturated rings. The van der Waals surface area contributed by atoms with Gasteiger partial charge in [0, 0.05) is 16.4 Å². The molecule has 0 radical (unpaired) electrons. The van der Waals surface area contributed by atoms with Gasteiger partial charge in [-0.1, -0.05) is 63.9 Å². The van der Waals surface area contributed by atoms with E-state index in [4.69, 9.17) is 27.9 Å². The smallest absolute Gasteiger partial charge is 0.170 e. The molecular formula is C26H28Cl2O3. The van der Waals surface area contributed by atoms with Crippen molar-refractivity contribution in [2.75, 3.05) is 0 Å². The average molecular weight is 459 g/mol. The third kappa shape index (κ3) is 3.29. The number of halogens is 2. The first-order valence-electron chi connectivity index (χ1n) is 10.8. The molecule has 0 heterocycles. The van der Waals surface area contributed by atoms with E-state index >= 15 is 0 Å². The quantitative estimate of drug-likeness (QED) is 0.506. The molecule has 164 valence electrons. The van der Waals surface area contributed by atoms with Crippen LogP contribution in [0, 0.1) is 22.7 Å². The lowest BCUT2D eigenvalue weighted by atomic mass is 9.58. The van der Waals surface area contributed by atoms with Crippen LogP contribution in [-0.4, -0.2) is 10.9 Å². The molecule has 0 amide bonds. The molecule has 0 aromatic heterocycles. The maximum atomic E-state index is 13.7. The van der Waals surface area contributed by atoms with E-state index in [1.54, 1.807) is 18.2 Å². The molecule has 1 saturated carbocycles. The van der Waals surface area contributed by atoms with Crippen molar-refractivity contribution in [2.24, 2.45) is 22.7 Å². The Bertz CT molecular complexity index is 1100. The van der Waals surface area contributed by atoms with E-state index in [2.05, 4.69) is 27.7 Å². The minimum Gasteiger partial charge on any atom is -0.511 e. The second-order valence-electron chi connectivity index (χ2n) is 9.65. The number of fused-ring (bicyclic) bond motifs is 2. The Morgan fingerprint density at radius 2 is 1.84 bits per heavy atom. The van der Waals surface area contributed by atoms with Crippen LogP contribution < -0.4 is 4.74 Å². The fourth-order valence-electron chi connectivity index (χ4n) is 5.72. The molecule has 4 rings (SSSR count). The third-order valence-corrected chi connectivity index (χ3v) is 8.17. The monoisotopic (exact) mass is 458 g/mol. The van der Waals surface area contributed by atoms with Gasteiger partial charge in [0.05, 0.1) is 10.6 Å². The number of rotatable bonds is 4. The Labute approximate surface area is 194 Å². The molecule has 5 heteroatoms. The van der Waals surface area contributed by atoms with E-state index < -0.39 is 5.41 Å². The highest BCUT2D eigenvalue weighted by Gasteiger charge is 2.63. The van der Waals surface area contributed by atoms with Gasteiger partial charge in [-0.05, 0) is 65.6 Å². The summed E-state index contributed by atoms with van der Waals surface area (Å²) in [5, 5.41) is 12.4. The summed E-state index contributed by atoms with van der Waals surface area (Å²) in [5.41, 5.74) is 1.45.